The molecule has 0 atom stereocenters. The Morgan fingerprint density at radius 2 is 2.21 bits per heavy atom. The zero-order valence-electron chi connectivity index (χ0n) is 9.55. The van der Waals surface area contributed by atoms with E-state index in [2.05, 4.69) is 33.4 Å². The molecule has 1 heterocycles. The number of hydrogen-bond acceptors (Lipinski definition) is 1. The van der Waals surface area contributed by atoms with Crippen LogP contribution >= 0.6 is 0 Å². The van der Waals surface area contributed by atoms with E-state index in [0.29, 0.717) is 0 Å². The van der Waals surface area contributed by atoms with Crippen molar-refractivity contribution in [1.29, 1.82) is 0 Å². The summed E-state index contributed by atoms with van der Waals surface area (Å²) in [6.45, 7) is 11.4. The van der Waals surface area contributed by atoms with Crippen molar-refractivity contribution in [1.82, 2.24) is 4.90 Å². The molecule has 0 N–H and O–H groups in total. The molecule has 0 aliphatic carbocycles. The smallest absolute Gasteiger partial charge is 0.246 e. The Balaban J connectivity index is 0.000000500. The molecule has 0 saturated heterocycles. The van der Waals surface area contributed by atoms with Gasteiger partial charge in [-0.2, -0.15) is 0 Å². The molecule has 0 unspecified atom stereocenters. The summed E-state index contributed by atoms with van der Waals surface area (Å²) in [5, 5.41) is 0. The van der Waals surface area contributed by atoms with E-state index in [1.807, 2.05) is 0 Å². The predicted molar refractivity (Wildman–Crippen MR) is 61.1 cm³/mol. The van der Waals surface area contributed by atoms with Gasteiger partial charge in [-0.25, -0.2) is 0 Å². The molecule has 14 heavy (non-hydrogen) atoms. The first-order valence-corrected chi connectivity index (χ1v) is 5.22. The molecule has 0 saturated carbocycles. The summed E-state index contributed by atoms with van der Waals surface area (Å²) in [4.78, 5) is 12.8. The van der Waals surface area contributed by atoms with Gasteiger partial charge in [0.25, 0.3) is 0 Å². The van der Waals surface area contributed by atoms with Crippen molar-refractivity contribution in [2.75, 3.05) is 13.1 Å². The van der Waals surface area contributed by atoms with Gasteiger partial charge in [-0.15, -0.1) is 0 Å². The quantitative estimate of drug-likeness (QED) is 0.465. The second kappa shape index (κ2) is 7.36. The van der Waals surface area contributed by atoms with E-state index in [-0.39, 0.29) is 5.91 Å². The van der Waals surface area contributed by atoms with Crippen LogP contribution < -0.4 is 0 Å². The molecule has 0 radical (unpaired) electrons. The second-order valence-corrected chi connectivity index (χ2v) is 3.50. The van der Waals surface area contributed by atoms with Gasteiger partial charge in [0.15, 0.2) is 0 Å². The molecular weight excluding hydrogens is 174 g/mol. The van der Waals surface area contributed by atoms with Crippen LogP contribution in [-0.2, 0) is 4.79 Å². The molecule has 1 aliphatic heterocycles. The van der Waals surface area contributed by atoms with Crippen molar-refractivity contribution in [3.63, 3.8) is 0 Å². The van der Waals surface area contributed by atoms with Gasteiger partial charge in [0.1, 0.15) is 0 Å². The Morgan fingerprint density at radius 1 is 1.64 bits per heavy atom. The van der Waals surface area contributed by atoms with E-state index in [1.54, 1.807) is 4.90 Å². The molecular formula is C12H21NO. The molecule has 1 aliphatic rings. The topological polar surface area (TPSA) is 20.3 Å². The van der Waals surface area contributed by atoms with Gasteiger partial charge >= 0.3 is 0 Å². The molecule has 80 valence electrons. The van der Waals surface area contributed by atoms with Crippen LogP contribution in [0.3, 0.4) is 0 Å². The van der Waals surface area contributed by atoms with Crippen molar-refractivity contribution < 1.29 is 4.79 Å². The zero-order chi connectivity index (χ0) is 11.0. The summed E-state index contributed by atoms with van der Waals surface area (Å²) in [5.41, 5.74) is 1.37. The van der Waals surface area contributed by atoms with Gasteiger partial charge in [-0.05, 0) is 19.4 Å². The minimum absolute atomic E-state index is 0.0359. The zero-order valence-corrected chi connectivity index (χ0v) is 9.55. The average molecular weight is 195 g/mol. The molecule has 0 spiro atoms. The third-order valence-corrected chi connectivity index (χ3v) is 1.92. The molecule has 1 amide bonds. The molecule has 0 aromatic carbocycles. The van der Waals surface area contributed by atoms with Crippen LogP contribution in [0.4, 0.5) is 0 Å². The summed E-state index contributed by atoms with van der Waals surface area (Å²) in [6, 6.07) is 0. The van der Waals surface area contributed by atoms with Crippen LogP contribution in [0, 0.1) is 0 Å². The van der Waals surface area contributed by atoms with Gasteiger partial charge in [0.05, 0.1) is 0 Å². The van der Waals surface area contributed by atoms with Crippen LogP contribution in [0.5, 0.6) is 0 Å². The van der Waals surface area contributed by atoms with Crippen molar-refractivity contribution in [2.45, 2.75) is 33.6 Å². The monoisotopic (exact) mass is 195 g/mol. The standard InChI is InChI=1S/C9H13NO.C3H8/c1-3-9(11)10-6-4-8(2)5-7-10;1-3-2/h3-4H,1,5-7H2,2H3;3H2,1-2H3. The number of amides is 1. The molecule has 0 fully saturated rings. The van der Waals surface area contributed by atoms with Gasteiger partial charge in [0, 0.05) is 13.1 Å². The highest BCUT2D eigenvalue weighted by molar-refractivity contribution is 5.87. The first kappa shape index (κ1) is 12.9. The maximum Gasteiger partial charge on any atom is 0.246 e. The van der Waals surface area contributed by atoms with E-state index in [4.69, 9.17) is 0 Å². The molecule has 2 heteroatoms. The fourth-order valence-electron chi connectivity index (χ4n) is 1.10. The van der Waals surface area contributed by atoms with Crippen molar-refractivity contribution >= 4 is 5.91 Å². The first-order valence-electron chi connectivity index (χ1n) is 5.22. The van der Waals surface area contributed by atoms with E-state index in [0.717, 1.165) is 19.5 Å². The SMILES string of the molecule is C=CC(=O)N1CC=C(C)CC1.CCC. The second-order valence-electron chi connectivity index (χ2n) is 3.50. The lowest BCUT2D eigenvalue weighted by atomic mass is 10.1. The molecule has 0 aromatic heterocycles. The molecule has 2 nitrogen and oxygen atoms in total. The van der Waals surface area contributed by atoms with E-state index >= 15 is 0 Å². The Kier molecular flexibility index (Phi) is 6.81. The van der Waals surface area contributed by atoms with Gasteiger partial charge in [0.2, 0.25) is 5.91 Å². The van der Waals surface area contributed by atoms with E-state index in [1.165, 1.54) is 18.1 Å². The van der Waals surface area contributed by atoms with Crippen LogP contribution in [0.15, 0.2) is 24.3 Å². The van der Waals surface area contributed by atoms with Gasteiger partial charge < -0.3 is 4.90 Å². The van der Waals surface area contributed by atoms with Crippen LogP contribution in [0.25, 0.3) is 0 Å². The number of rotatable bonds is 1. The lowest BCUT2D eigenvalue weighted by Crippen LogP contribution is -2.33. The summed E-state index contributed by atoms with van der Waals surface area (Å²) >= 11 is 0. The average Bonchev–Trinajstić information content (AvgIpc) is 2.19. The largest absolute Gasteiger partial charge is 0.335 e. The van der Waals surface area contributed by atoms with Gasteiger partial charge in [-0.1, -0.05) is 38.5 Å². The maximum atomic E-state index is 11.1. The van der Waals surface area contributed by atoms with Crippen LogP contribution in [0.2, 0.25) is 0 Å². The molecule has 0 bridgehead atoms. The summed E-state index contributed by atoms with van der Waals surface area (Å²) < 4.78 is 0. The van der Waals surface area contributed by atoms with E-state index < -0.39 is 0 Å². The molecule has 0 aromatic rings. The Hall–Kier alpha value is -1.05. The minimum atomic E-state index is 0.0359. The Bertz CT molecular complexity index is 218. The third-order valence-electron chi connectivity index (χ3n) is 1.92. The highest BCUT2D eigenvalue weighted by Crippen LogP contribution is 2.09. The highest BCUT2D eigenvalue weighted by Gasteiger charge is 2.11. The van der Waals surface area contributed by atoms with Crippen LogP contribution in [-0.4, -0.2) is 23.9 Å². The van der Waals surface area contributed by atoms with Crippen molar-refractivity contribution in [3.8, 4) is 0 Å². The number of nitrogens with zero attached hydrogens (tertiary/aromatic N) is 1. The number of carbonyl (C=O) groups excluding carboxylic acids is 1. The Labute approximate surface area is 87.3 Å². The van der Waals surface area contributed by atoms with Crippen molar-refractivity contribution in [2.24, 2.45) is 0 Å². The predicted octanol–water partition coefficient (Wildman–Crippen LogP) is 2.77. The maximum absolute atomic E-state index is 11.1. The highest BCUT2D eigenvalue weighted by atomic mass is 16.2. The summed E-state index contributed by atoms with van der Waals surface area (Å²) in [5.74, 6) is 0.0359. The Morgan fingerprint density at radius 3 is 2.57 bits per heavy atom. The normalized spacial score (nSPS) is 15.1. The lowest BCUT2D eigenvalue weighted by molar-refractivity contribution is -0.125. The summed E-state index contributed by atoms with van der Waals surface area (Å²) in [6.07, 6.45) is 5.71. The first-order chi connectivity index (χ1) is 6.65. The van der Waals surface area contributed by atoms with Crippen LogP contribution in [0.1, 0.15) is 33.6 Å². The lowest BCUT2D eigenvalue weighted by Gasteiger charge is -2.23. The fourth-order valence-corrected chi connectivity index (χ4v) is 1.10. The van der Waals surface area contributed by atoms with Gasteiger partial charge in [-0.3, -0.25) is 4.79 Å². The van der Waals surface area contributed by atoms with E-state index in [9.17, 15) is 4.79 Å². The fraction of sp³-hybridized carbons (Fsp3) is 0.583. The molecule has 1 rings (SSSR count). The number of hydrogen-bond donors (Lipinski definition) is 0. The number of carbonyl (C=O) groups is 1. The van der Waals surface area contributed by atoms with Crippen molar-refractivity contribution in [3.05, 3.63) is 24.3 Å². The minimum Gasteiger partial charge on any atom is -0.335 e. The summed E-state index contributed by atoms with van der Waals surface area (Å²) in [7, 11) is 0. The third kappa shape index (κ3) is 4.85.